The molecule has 0 aromatic rings. The van der Waals surface area contributed by atoms with Crippen molar-refractivity contribution >= 4 is 0 Å². The Hall–Kier alpha value is -0.120. The number of morpholine rings is 1. The lowest BCUT2D eigenvalue weighted by atomic mass is 9.83. The summed E-state index contributed by atoms with van der Waals surface area (Å²) in [6.07, 6.45) is 2.84. The maximum atomic E-state index is 5.93. The Kier molecular flexibility index (Phi) is 3.79. The summed E-state index contributed by atoms with van der Waals surface area (Å²) in [5.74, 6) is 0. The molecular formula is C15H29NO2. The van der Waals surface area contributed by atoms with E-state index < -0.39 is 0 Å². The van der Waals surface area contributed by atoms with Crippen LogP contribution in [0.4, 0.5) is 0 Å². The molecule has 1 aliphatic carbocycles. The third-order valence-electron chi connectivity index (χ3n) is 3.89. The Balaban J connectivity index is 2.05. The third kappa shape index (κ3) is 3.46. The van der Waals surface area contributed by atoms with Gasteiger partial charge in [-0.3, -0.25) is 4.90 Å². The minimum Gasteiger partial charge on any atom is -0.350 e. The maximum Gasteiger partial charge on any atom is 0.170 e. The van der Waals surface area contributed by atoms with Crippen LogP contribution in [0.1, 0.15) is 54.4 Å². The quantitative estimate of drug-likeness (QED) is 0.757. The first-order valence-electron chi connectivity index (χ1n) is 7.22. The van der Waals surface area contributed by atoms with Gasteiger partial charge in [-0.05, 0) is 39.0 Å². The molecule has 2 rings (SSSR count). The molecule has 2 fully saturated rings. The first kappa shape index (κ1) is 14.3. The van der Waals surface area contributed by atoms with Crippen LogP contribution in [0.25, 0.3) is 0 Å². The Morgan fingerprint density at radius 3 is 2.11 bits per heavy atom. The second-order valence-electron chi connectivity index (χ2n) is 7.80. The van der Waals surface area contributed by atoms with Crippen molar-refractivity contribution in [1.82, 2.24) is 4.90 Å². The summed E-state index contributed by atoms with van der Waals surface area (Å²) in [5, 5.41) is 0. The van der Waals surface area contributed by atoms with Gasteiger partial charge in [0.15, 0.2) is 6.29 Å². The number of hydrogen-bond donors (Lipinski definition) is 0. The molecule has 0 aromatic carbocycles. The fourth-order valence-corrected chi connectivity index (χ4v) is 2.59. The Bertz CT molecular complexity index is 286. The Morgan fingerprint density at radius 2 is 1.67 bits per heavy atom. The zero-order chi connectivity index (χ0) is 13.6. The molecule has 2 aliphatic rings. The van der Waals surface area contributed by atoms with Crippen molar-refractivity contribution in [3.63, 3.8) is 0 Å². The number of hydrogen-bond acceptors (Lipinski definition) is 3. The van der Waals surface area contributed by atoms with Crippen LogP contribution in [0, 0.1) is 5.41 Å². The first-order chi connectivity index (χ1) is 8.18. The summed E-state index contributed by atoms with van der Waals surface area (Å²) in [6.45, 7) is 15.4. The monoisotopic (exact) mass is 255 g/mol. The van der Waals surface area contributed by atoms with E-state index in [-0.39, 0.29) is 17.2 Å². The molecule has 0 aromatic heterocycles. The predicted octanol–water partition coefficient (Wildman–Crippen LogP) is 3.04. The highest BCUT2D eigenvalue weighted by Gasteiger charge is 2.42. The number of nitrogens with zero attached hydrogens (tertiary/aromatic N) is 1. The molecular weight excluding hydrogens is 226 g/mol. The van der Waals surface area contributed by atoms with Gasteiger partial charge in [0.25, 0.3) is 0 Å². The summed E-state index contributed by atoms with van der Waals surface area (Å²) in [6, 6.07) is 0.455. The smallest absolute Gasteiger partial charge is 0.170 e. The summed E-state index contributed by atoms with van der Waals surface area (Å²) in [7, 11) is 0. The van der Waals surface area contributed by atoms with Crippen molar-refractivity contribution in [3.05, 3.63) is 0 Å². The van der Waals surface area contributed by atoms with E-state index >= 15 is 0 Å². The molecule has 0 radical (unpaired) electrons. The molecule has 0 N–H and O–H groups in total. The van der Waals surface area contributed by atoms with E-state index in [1.807, 2.05) is 0 Å². The van der Waals surface area contributed by atoms with Gasteiger partial charge < -0.3 is 9.47 Å². The van der Waals surface area contributed by atoms with Crippen LogP contribution in [-0.4, -0.2) is 42.0 Å². The normalized spacial score (nSPS) is 31.7. The van der Waals surface area contributed by atoms with E-state index in [0.29, 0.717) is 12.1 Å². The molecule has 1 saturated carbocycles. The lowest BCUT2D eigenvalue weighted by molar-refractivity contribution is -0.224. The fraction of sp³-hybridized carbons (Fsp3) is 1.00. The van der Waals surface area contributed by atoms with Gasteiger partial charge in [-0.15, -0.1) is 0 Å². The van der Waals surface area contributed by atoms with Gasteiger partial charge in [0, 0.05) is 11.6 Å². The molecule has 1 aliphatic heterocycles. The minimum absolute atomic E-state index is 0.0321. The fourth-order valence-electron chi connectivity index (χ4n) is 2.59. The van der Waals surface area contributed by atoms with Crippen LogP contribution < -0.4 is 0 Å². The topological polar surface area (TPSA) is 21.7 Å². The standard InChI is InChI=1S/C15H29NO2/c1-14(2,3)12-10-17-13(18-11-7-8-11)9-16(12)15(4,5)6/h11-13H,7-10H2,1-6H3. The van der Waals surface area contributed by atoms with Crippen molar-refractivity contribution in [2.75, 3.05) is 13.2 Å². The molecule has 2 atom stereocenters. The second kappa shape index (κ2) is 4.77. The van der Waals surface area contributed by atoms with Crippen molar-refractivity contribution in [1.29, 1.82) is 0 Å². The molecule has 1 saturated heterocycles. The summed E-state index contributed by atoms with van der Waals surface area (Å²) in [4.78, 5) is 2.56. The van der Waals surface area contributed by atoms with Gasteiger partial charge >= 0.3 is 0 Å². The molecule has 0 amide bonds. The van der Waals surface area contributed by atoms with Gasteiger partial charge in [-0.25, -0.2) is 0 Å². The highest BCUT2D eigenvalue weighted by Crippen LogP contribution is 2.35. The Morgan fingerprint density at radius 1 is 1.06 bits per heavy atom. The minimum atomic E-state index is -0.0321. The van der Waals surface area contributed by atoms with Gasteiger partial charge in [-0.2, -0.15) is 0 Å². The third-order valence-corrected chi connectivity index (χ3v) is 3.89. The highest BCUT2D eigenvalue weighted by molar-refractivity contribution is 4.93. The Labute approximate surface area is 112 Å². The maximum absolute atomic E-state index is 5.93. The number of rotatable bonds is 2. The van der Waals surface area contributed by atoms with Crippen LogP contribution >= 0.6 is 0 Å². The van der Waals surface area contributed by atoms with Crippen molar-refractivity contribution in [2.45, 2.75) is 78.4 Å². The summed E-state index contributed by atoms with van der Waals surface area (Å²) < 4.78 is 11.9. The summed E-state index contributed by atoms with van der Waals surface area (Å²) >= 11 is 0. The zero-order valence-electron chi connectivity index (χ0n) is 12.8. The first-order valence-corrected chi connectivity index (χ1v) is 7.22. The average Bonchev–Trinajstić information content (AvgIpc) is 2.98. The SMILES string of the molecule is CC(C)(C)C1COC(OC2CC2)CN1C(C)(C)C. The van der Waals surface area contributed by atoms with Gasteiger partial charge in [0.2, 0.25) is 0 Å². The summed E-state index contributed by atoms with van der Waals surface area (Å²) in [5.41, 5.74) is 0.394. The number of ether oxygens (including phenoxy) is 2. The van der Waals surface area contributed by atoms with E-state index in [2.05, 4.69) is 46.4 Å². The molecule has 18 heavy (non-hydrogen) atoms. The van der Waals surface area contributed by atoms with Crippen LogP contribution in [0.2, 0.25) is 0 Å². The lowest BCUT2D eigenvalue weighted by Crippen LogP contribution is -2.61. The van der Waals surface area contributed by atoms with E-state index in [9.17, 15) is 0 Å². The molecule has 106 valence electrons. The van der Waals surface area contributed by atoms with Crippen LogP contribution in [0.5, 0.6) is 0 Å². The van der Waals surface area contributed by atoms with Crippen LogP contribution in [-0.2, 0) is 9.47 Å². The van der Waals surface area contributed by atoms with Gasteiger partial charge in [0.05, 0.1) is 19.3 Å². The van der Waals surface area contributed by atoms with E-state index in [0.717, 1.165) is 13.2 Å². The van der Waals surface area contributed by atoms with E-state index in [1.54, 1.807) is 0 Å². The second-order valence-corrected chi connectivity index (χ2v) is 7.80. The van der Waals surface area contributed by atoms with Crippen LogP contribution in [0.15, 0.2) is 0 Å². The molecule has 0 spiro atoms. The van der Waals surface area contributed by atoms with Crippen molar-refractivity contribution in [2.24, 2.45) is 5.41 Å². The highest BCUT2D eigenvalue weighted by atomic mass is 16.7. The largest absolute Gasteiger partial charge is 0.350 e. The lowest BCUT2D eigenvalue weighted by Gasteiger charge is -2.51. The van der Waals surface area contributed by atoms with Crippen molar-refractivity contribution < 1.29 is 9.47 Å². The molecule has 1 heterocycles. The average molecular weight is 255 g/mol. The van der Waals surface area contributed by atoms with Gasteiger partial charge in [0.1, 0.15) is 0 Å². The predicted molar refractivity (Wildman–Crippen MR) is 73.5 cm³/mol. The molecule has 2 unspecified atom stereocenters. The zero-order valence-corrected chi connectivity index (χ0v) is 12.8. The van der Waals surface area contributed by atoms with E-state index in [4.69, 9.17) is 9.47 Å². The van der Waals surface area contributed by atoms with Gasteiger partial charge in [-0.1, -0.05) is 20.8 Å². The molecule has 3 heteroatoms. The molecule has 3 nitrogen and oxygen atoms in total. The van der Waals surface area contributed by atoms with Crippen molar-refractivity contribution in [3.8, 4) is 0 Å². The van der Waals surface area contributed by atoms with Crippen LogP contribution in [0.3, 0.4) is 0 Å². The van der Waals surface area contributed by atoms with E-state index in [1.165, 1.54) is 12.8 Å². The molecule has 0 bridgehead atoms.